The number of benzene rings is 2. The zero-order valence-corrected chi connectivity index (χ0v) is 18.2. The molecular formula is C23H19F5N4O3. The number of aliphatic imine (C=N–C) groups is 1. The summed E-state index contributed by atoms with van der Waals surface area (Å²) in [5, 5.41) is 2.78. The van der Waals surface area contributed by atoms with Crippen molar-refractivity contribution in [3.8, 4) is 5.75 Å². The highest BCUT2D eigenvalue weighted by atomic mass is 19.4. The van der Waals surface area contributed by atoms with E-state index in [9.17, 15) is 26.7 Å². The average molecular weight is 494 g/mol. The molecule has 184 valence electrons. The van der Waals surface area contributed by atoms with E-state index in [0.29, 0.717) is 11.6 Å². The van der Waals surface area contributed by atoms with Crippen molar-refractivity contribution in [2.75, 3.05) is 13.7 Å². The smallest absolute Gasteiger partial charge is 0.433 e. The first kappa shape index (κ1) is 24.3. The number of aromatic nitrogens is 1. The molecular weight excluding hydrogens is 475 g/mol. The highest BCUT2D eigenvalue weighted by Crippen LogP contribution is 2.34. The van der Waals surface area contributed by atoms with E-state index >= 15 is 0 Å². The number of pyridine rings is 1. The standard InChI is InChI=1S/C23H19F5N4O3/c1-34-16-6-4-14(13-5-7-18(23(26,27)28)31-19(13)16)22-32-20(17(9-29)35-22)21(33)30-10-11-2-3-12(24)8-15(11)25/h2-8,17,20H,9-10,29H2,1H3,(H,30,33). The van der Waals surface area contributed by atoms with Crippen LogP contribution >= 0.6 is 0 Å². The number of carbonyl (C=O) groups is 1. The molecule has 2 aromatic carbocycles. The van der Waals surface area contributed by atoms with Crippen molar-refractivity contribution in [3.05, 3.63) is 70.9 Å². The van der Waals surface area contributed by atoms with E-state index < -0.39 is 41.6 Å². The quantitative estimate of drug-likeness (QED) is 0.513. The molecule has 35 heavy (non-hydrogen) atoms. The third kappa shape index (κ3) is 4.87. The van der Waals surface area contributed by atoms with Gasteiger partial charge in [0.25, 0.3) is 0 Å². The Morgan fingerprint density at radius 2 is 1.94 bits per heavy atom. The number of ether oxygens (including phenoxy) is 2. The van der Waals surface area contributed by atoms with Crippen LogP contribution in [0.4, 0.5) is 22.0 Å². The maximum absolute atomic E-state index is 13.9. The summed E-state index contributed by atoms with van der Waals surface area (Å²) in [4.78, 5) is 20.7. The summed E-state index contributed by atoms with van der Waals surface area (Å²) >= 11 is 0. The first-order valence-corrected chi connectivity index (χ1v) is 10.3. The molecule has 0 saturated carbocycles. The molecule has 0 radical (unpaired) electrons. The van der Waals surface area contributed by atoms with Gasteiger partial charge in [-0.25, -0.2) is 18.8 Å². The molecule has 2 atom stereocenters. The van der Waals surface area contributed by atoms with Gasteiger partial charge in [0, 0.05) is 35.7 Å². The summed E-state index contributed by atoms with van der Waals surface area (Å²) in [5.41, 5.74) is 4.94. The number of nitrogens with two attached hydrogens (primary N) is 1. The Labute approximate surface area is 195 Å². The molecule has 2 heterocycles. The maximum atomic E-state index is 13.9. The molecule has 0 bridgehead atoms. The average Bonchev–Trinajstić information content (AvgIpc) is 3.26. The summed E-state index contributed by atoms with van der Waals surface area (Å²) in [5.74, 6) is -2.08. The fourth-order valence-electron chi connectivity index (χ4n) is 3.64. The van der Waals surface area contributed by atoms with Crippen LogP contribution in [0, 0.1) is 11.6 Å². The number of alkyl halides is 3. The van der Waals surface area contributed by atoms with Gasteiger partial charge in [-0.15, -0.1) is 0 Å². The van der Waals surface area contributed by atoms with Crippen molar-refractivity contribution in [3.63, 3.8) is 0 Å². The van der Waals surface area contributed by atoms with Crippen molar-refractivity contribution in [2.24, 2.45) is 10.7 Å². The Morgan fingerprint density at radius 3 is 2.60 bits per heavy atom. The minimum atomic E-state index is -4.66. The number of nitrogens with zero attached hydrogens (tertiary/aromatic N) is 2. The van der Waals surface area contributed by atoms with Crippen LogP contribution in [0.15, 0.2) is 47.5 Å². The first-order valence-electron chi connectivity index (χ1n) is 10.3. The van der Waals surface area contributed by atoms with E-state index in [-0.39, 0.29) is 41.2 Å². The van der Waals surface area contributed by atoms with Gasteiger partial charge in [-0.1, -0.05) is 6.07 Å². The van der Waals surface area contributed by atoms with Gasteiger partial charge in [0.15, 0.2) is 6.04 Å². The molecule has 3 N–H and O–H groups in total. The minimum absolute atomic E-state index is 0.0113. The van der Waals surface area contributed by atoms with Crippen LogP contribution < -0.4 is 15.8 Å². The van der Waals surface area contributed by atoms with E-state index in [1.54, 1.807) is 0 Å². The second-order valence-electron chi connectivity index (χ2n) is 7.63. The normalized spacial score (nSPS) is 17.7. The highest BCUT2D eigenvalue weighted by molar-refractivity contribution is 6.09. The van der Waals surface area contributed by atoms with Gasteiger partial charge >= 0.3 is 6.18 Å². The number of amides is 1. The van der Waals surface area contributed by atoms with Gasteiger partial charge in [-0.05, 0) is 30.3 Å². The Balaban J connectivity index is 1.64. The molecule has 0 aliphatic carbocycles. The number of methoxy groups -OCH3 is 1. The van der Waals surface area contributed by atoms with Crippen LogP contribution in [0.25, 0.3) is 10.9 Å². The number of hydrogen-bond donors (Lipinski definition) is 2. The summed E-state index contributed by atoms with van der Waals surface area (Å²) in [7, 11) is 1.30. The summed E-state index contributed by atoms with van der Waals surface area (Å²) in [6.45, 7) is -0.320. The van der Waals surface area contributed by atoms with E-state index in [2.05, 4.69) is 15.3 Å². The van der Waals surface area contributed by atoms with Crippen molar-refractivity contribution in [1.29, 1.82) is 0 Å². The predicted octanol–water partition coefficient (Wildman–Crippen LogP) is 3.33. The topological polar surface area (TPSA) is 98.8 Å². The molecule has 1 aliphatic rings. The molecule has 0 spiro atoms. The van der Waals surface area contributed by atoms with Crippen LogP contribution in [-0.4, -0.2) is 42.6 Å². The summed E-state index contributed by atoms with van der Waals surface area (Å²) in [6, 6.07) is 6.85. The highest BCUT2D eigenvalue weighted by Gasteiger charge is 2.37. The Kier molecular flexibility index (Phi) is 6.57. The summed E-state index contributed by atoms with van der Waals surface area (Å²) < 4.78 is 77.4. The monoisotopic (exact) mass is 494 g/mol. The van der Waals surface area contributed by atoms with E-state index in [0.717, 1.165) is 12.1 Å². The molecule has 0 fully saturated rings. The second kappa shape index (κ2) is 9.45. The fraction of sp³-hybridized carbons (Fsp3) is 0.261. The lowest BCUT2D eigenvalue weighted by atomic mass is 10.1. The van der Waals surface area contributed by atoms with Crippen molar-refractivity contribution in [2.45, 2.75) is 24.9 Å². The molecule has 3 aromatic rings. The first-order chi connectivity index (χ1) is 16.6. The van der Waals surface area contributed by atoms with Crippen molar-refractivity contribution < 1.29 is 36.2 Å². The minimum Gasteiger partial charge on any atom is -0.494 e. The zero-order chi connectivity index (χ0) is 25.3. The van der Waals surface area contributed by atoms with Gasteiger partial charge in [-0.2, -0.15) is 13.2 Å². The Bertz CT molecular complexity index is 1310. The molecule has 7 nitrogen and oxygen atoms in total. The third-order valence-corrected chi connectivity index (χ3v) is 5.40. The van der Waals surface area contributed by atoms with Gasteiger partial charge in [0.1, 0.15) is 34.7 Å². The maximum Gasteiger partial charge on any atom is 0.433 e. The lowest BCUT2D eigenvalue weighted by Crippen LogP contribution is -2.42. The number of fused-ring (bicyclic) bond motifs is 1. The molecule has 1 aromatic heterocycles. The second-order valence-corrected chi connectivity index (χ2v) is 7.63. The largest absolute Gasteiger partial charge is 0.494 e. The van der Waals surface area contributed by atoms with Gasteiger partial charge in [0.2, 0.25) is 11.8 Å². The molecule has 1 aliphatic heterocycles. The third-order valence-electron chi connectivity index (χ3n) is 5.40. The SMILES string of the molecule is COc1ccc(C2=NC(C(=O)NCc3ccc(F)cc3F)C(CN)O2)c2ccc(C(F)(F)F)nc12. The van der Waals surface area contributed by atoms with Crippen LogP contribution in [0.3, 0.4) is 0 Å². The van der Waals surface area contributed by atoms with Crippen LogP contribution in [0.5, 0.6) is 5.75 Å². The molecule has 4 rings (SSSR count). The number of halogens is 5. The number of rotatable bonds is 6. The Hall–Kier alpha value is -3.80. The van der Waals surface area contributed by atoms with E-state index in [1.807, 2.05) is 0 Å². The lowest BCUT2D eigenvalue weighted by molar-refractivity contribution is -0.141. The van der Waals surface area contributed by atoms with E-state index in [1.165, 1.54) is 31.4 Å². The number of hydrogen-bond acceptors (Lipinski definition) is 6. The molecule has 12 heteroatoms. The van der Waals surface area contributed by atoms with Gasteiger partial charge in [0.05, 0.1) is 7.11 Å². The number of carbonyl (C=O) groups excluding carboxylic acids is 1. The zero-order valence-electron chi connectivity index (χ0n) is 18.2. The van der Waals surface area contributed by atoms with Crippen LogP contribution in [0.2, 0.25) is 0 Å². The lowest BCUT2D eigenvalue weighted by Gasteiger charge is -2.16. The van der Waals surface area contributed by atoms with Crippen LogP contribution in [0.1, 0.15) is 16.8 Å². The van der Waals surface area contributed by atoms with Crippen LogP contribution in [-0.2, 0) is 22.3 Å². The van der Waals surface area contributed by atoms with E-state index in [4.69, 9.17) is 15.2 Å². The van der Waals surface area contributed by atoms with Crippen molar-refractivity contribution >= 4 is 22.7 Å². The summed E-state index contributed by atoms with van der Waals surface area (Å²) in [6.07, 6.45) is -5.53. The Morgan fingerprint density at radius 1 is 1.17 bits per heavy atom. The fourth-order valence-corrected chi connectivity index (χ4v) is 3.64. The van der Waals surface area contributed by atoms with Gasteiger partial charge in [-0.3, -0.25) is 4.79 Å². The molecule has 0 saturated heterocycles. The van der Waals surface area contributed by atoms with Gasteiger partial charge < -0.3 is 20.5 Å². The molecule has 1 amide bonds. The van der Waals surface area contributed by atoms with Crippen molar-refractivity contribution in [1.82, 2.24) is 10.3 Å². The molecule has 2 unspecified atom stereocenters. The number of nitrogens with one attached hydrogen (secondary N) is 1. The predicted molar refractivity (Wildman–Crippen MR) is 116 cm³/mol.